The molecular formula is C12H11BrO4. The van der Waals surface area contributed by atoms with Gasteiger partial charge >= 0.3 is 5.97 Å². The smallest absolute Gasteiger partial charge is 0.377 e. The fraction of sp³-hybridized carbons (Fsp3) is 0.333. The molecule has 1 saturated carbocycles. The van der Waals surface area contributed by atoms with Crippen molar-refractivity contribution in [2.24, 2.45) is 5.92 Å². The fourth-order valence-corrected chi connectivity index (χ4v) is 1.87. The molecule has 1 fully saturated rings. The third-order valence-corrected chi connectivity index (χ3v) is 2.97. The number of ether oxygens (including phenoxy) is 1. The Morgan fingerprint density at radius 2 is 2.06 bits per heavy atom. The van der Waals surface area contributed by atoms with E-state index in [1.54, 1.807) is 6.07 Å². The summed E-state index contributed by atoms with van der Waals surface area (Å²) < 4.78 is 6.14. The van der Waals surface area contributed by atoms with Gasteiger partial charge in [-0.05, 0) is 37.0 Å². The minimum atomic E-state index is -1.46. The van der Waals surface area contributed by atoms with Crippen LogP contribution in [0.1, 0.15) is 23.2 Å². The normalized spacial score (nSPS) is 14.4. The topological polar surface area (TPSA) is 63.6 Å². The summed E-state index contributed by atoms with van der Waals surface area (Å²) in [5, 5.41) is 8.64. The van der Waals surface area contributed by atoms with E-state index >= 15 is 0 Å². The molecule has 1 aromatic rings. The van der Waals surface area contributed by atoms with E-state index in [1.165, 1.54) is 25.0 Å². The summed E-state index contributed by atoms with van der Waals surface area (Å²) in [6.07, 6.45) is 2.35. The number of halogens is 1. The molecular weight excluding hydrogens is 288 g/mol. The zero-order valence-corrected chi connectivity index (χ0v) is 10.6. The van der Waals surface area contributed by atoms with E-state index in [9.17, 15) is 9.59 Å². The van der Waals surface area contributed by atoms with Gasteiger partial charge in [0.1, 0.15) is 5.75 Å². The second-order valence-electron chi connectivity index (χ2n) is 4.06. The summed E-state index contributed by atoms with van der Waals surface area (Å²) in [4.78, 5) is 21.9. The van der Waals surface area contributed by atoms with E-state index in [0.717, 1.165) is 0 Å². The van der Waals surface area contributed by atoms with Crippen LogP contribution in [0.3, 0.4) is 0 Å². The predicted octanol–water partition coefficient (Wildman–Crippen LogP) is 2.51. The highest BCUT2D eigenvalue weighted by molar-refractivity contribution is 9.10. The Labute approximate surface area is 107 Å². The number of hydrogen-bond acceptors (Lipinski definition) is 3. The molecule has 1 aromatic carbocycles. The Hall–Kier alpha value is -1.36. The van der Waals surface area contributed by atoms with Crippen LogP contribution in [0, 0.1) is 5.92 Å². The maximum absolute atomic E-state index is 11.3. The van der Waals surface area contributed by atoms with Gasteiger partial charge in [-0.25, -0.2) is 4.79 Å². The number of carboxylic acids is 1. The fourth-order valence-electron chi connectivity index (χ4n) is 1.40. The first-order valence-electron chi connectivity index (χ1n) is 5.27. The Kier molecular flexibility index (Phi) is 3.47. The van der Waals surface area contributed by atoms with E-state index in [2.05, 4.69) is 15.9 Å². The maximum Gasteiger partial charge on any atom is 0.377 e. The monoisotopic (exact) mass is 298 g/mol. The molecule has 0 bridgehead atoms. The number of Topliss-reactive ketones (excluding diaryl/α,β-unsaturated/α-hetero) is 1. The van der Waals surface area contributed by atoms with Gasteiger partial charge in [0.15, 0.2) is 0 Å². The van der Waals surface area contributed by atoms with Gasteiger partial charge in [0.2, 0.25) is 0 Å². The van der Waals surface area contributed by atoms with Crippen molar-refractivity contribution in [2.45, 2.75) is 12.8 Å². The van der Waals surface area contributed by atoms with Crippen LogP contribution in [0.25, 0.3) is 0 Å². The first kappa shape index (κ1) is 12.1. The van der Waals surface area contributed by atoms with Crippen molar-refractivity contribution in [3.63, 3.8) is 0 Å². The summed E-state index contributed by atoms with van der Waals surface area (Å²) in [5.74, 6) is -1.26. The van der Waals surface area contributed by atoms with Crippen molar-refractivity contribution in [3.8, 4) is 5.75 Å². The van der Waals surface area contributed by atoms with Crippen molar-refractivity contribution in [1.29, 1.82) is 0 Å². The van der Waals surface area contributed by atoms with Gasteiger partial charge in [-0.3, -0.25) is 4.79 Å². The molecule has 0 heterocycles. The van der Waals surface area contributed by atoms with Crippen molar-refractivity contribution in [1.82, 2.24) is 0 Å². The van der Waals surface area contributed by atoms with Gasteiger partial charge in [0, 0.05) is 10.0 Å². The minimum absolute atomic E-state index is 0.123. The molecule has 1 N–H and O–H groups in total. The van der Waals surface area contributed by atoms with Crippen LogP contribution < -0.4 is 4.74 Å². The quantitative estimate of drug-likeness (QED) is 0.670. The molecule has 2 rings (SSSR count). The molecule has 0 amide bonds. The Bertz CT molecular complexity index is 466. The van der Waals surface area contributed by atoms with E-state index in [0.29, 0.717) is 22.7 Å². The van der Waals surface area contributed by atoms with Gasteiger partial charge in [-0.2, -0.15) is 0 Å². The summed E-state index contributed by atoms with van der Waals surface area (Å²) in [7, 11) is 0. The lowest BCUT2D eigenvalue weighted by molar-refractivity contribution is -0.131. The molecule has 1 aliphatic rings. The molecule has 0 spiro atoms. The third kappa shape index (κ3) is 3.30. The maximum atomic E-state index is 11.3. The zero-order chi connectivity index (χ0) is 12.4. The standard InChI is InChI=1S/C12H11BrO4/c13-9-3-8(11(14)12(15)16)4-10(5-9)17-6-7-1-2-7/h3-5,7H,1-2,6H2,(H,15,16). The largest absolute Gasteiger partial charge is 0.493 e. The minimum Gasteiger partial charge on any atom is -0.493 e. The average Bonchev–Trinajstić information content (AvgIpc) is 3.08. The zero-order valence-electron chi connectivity index (χ0n) is 8.98. The molecule has 0 atom stereocenters. The molecule has 0 aromatic heterocycles. The predicted molar refractivity (Wildman–Crippen MR) is 64.3 cm³/mol. The highest BCUT2D eigenvalue weighted by atomic mass is 79.9. The number of benzene rings is 1. The lowest BCUT2D eigenvalue weighted by Gasteiger charge is -2.07. The number of carboxylic acid groups (broad SMARTS) is 1. The van der Waals surface area contributed by atoms with Gasteiger partial charge in [0.25, 0.3) is 5.78 Å². The van der Waals surface area contributed by atoms with Crippen LogP contribution in [-0.2, 0) is 4.79 Å². The summed E-state index contributed by atoms with van der Waals surface area (Å²) in [6.45, 7) is 0.622. The summed E-state index contributed by atoms with van der Waals surface area (Å²) in [6, 6.07) is 4.66. The number of carbonyl (C=O) groups excluding carboxylic acids is 1. The highest BCUT2D eigenvalue weighted by Crippen LogP contribution is 2.30. The second kappa shape index (κ2) is 4.87. The van der Waals surface area contributed by atoms with Gasteiger partial charge in [0.05, 0.1) is 6.61 Å². The molecule has 4 nitrogen and oxygen atoms in total. The molecule has 0 radical (unpaired) electrons. The van der Waals surface area contributed by atoms with Gasteiger partial charge < -0.3 is 9.84 Å². The van der Waals surface area contributed by atoms with Gasteiger partial charge in [-0.1, -0.05) is 15.9 Å². The van der Waals surface area contributed by atoms with Crippen LogP contribution in [0.15, 0.2) is 22.7 Å². The summed E-state index contributed by atoms with van der Waals surface area (Å²) in [5.41, 5.74) is 0.123. The number of rotatable bonds is 5. The number of carbonyl (C=O) groups is 2. The molecule has 1 aliphatic carbocycles. The van der Waals surface area contributed by atoms with Gasteiger partial charge in [-0.15, -0.1) is 0 Å². The van der Waals surface area contributed by atoms with Crippen molar-refractivity contribution in [2.75, 3.05) is 6.61 Å². The van der Waals surface area contributed by atoms with E-state index in [4.69, 9.17) is 9.84 Å². The first-order chi connectivity index (χ1) is 8.06. The van der Waals surface area contributed by atoms with Crippen LogP contribution in [-0.4, -0.2) is 23.5 Å². The average molecular weight is 299 g/mol. The molecule has 0 saturated heterocycles. The number of ketones is 1. The molecule has 0 aliphatic heterocycles. The third-order valence-electron chi connectivity index (χ3n) is 2.51. The second-order valence-corrected chi connectivity index (χ2v) is 4.98. The molecule has 90 valence electrons. The van der Waals surface area contributed by atoms with E-state index < -0.39 is 11.8 Å². The Balaban J connectivity index is 2.15. The van der Waals surface area contributed by atoms with Crippen LogP contribution >= 0.6 is 15.9 Å². The highest BCUT2D eigenvalue weighted by Gasteiger charge is 2.22. The number of aliphatic carboxylic acids is 1. The van der Waals surface area contributed by atoms with Crippen LogP contribution in [0.2, 0.25) is 0 Å². The van der Waals surface area contributed by atoms with Crippen molar-refractivity contribution >= 4 is 27.7 Å². The Morgan fingerprint density at radius 1 is 1.35 bits per heavy atom. The number of hydrogen-bond donors (Lipinski definition) is 1. The lowest BCUT2D eigenvalue weighted by Crippen LogP contribution is -2.13. The SMILES string of the molecule is O=C(O)C(=O)c1cc(Br)cc(OCC2CC2)c1. The van der Waals surface area contributed by atoms with Crippen LogP contribution in [0.4, 0.5) is 0 Å². The lowest BCUT2D eigenvalue weighted by atomic mass is 10.1. The van der Waals surface area contributed by atoms with E-state index in [-0.39, 0.29) is 5.56 Å². The first-order valence-corrected chi connectivity index (χ1v) is 6.06. The Morgan fingerprint density at radius 3 is 2.65 bits per heavy atom. The molecule has 0 unspecified atom stereocenters. The van der Waals surface area contributed by atoms with Crippen molar-refractivity contribution < 1.29 is 19.4 Å². The summed E-state index contributed by atoms with van der Waals surface area (Å²) >= 11 is 3.23. The van der Waals surface area contributed by atoms with Crippen molar-refractivity contribution in [3.05, 3.63) is 28.2 Å². The van der Waals surface area contributed by atoms with Crippen LogP contribution in [0.5, 0.6) is 5.75 Å². The molecule has 17 heavy (non-hydrogen) atoms. The van der Waals surface area contributed by atoms with E-state index in [1.807, 2.05) is 0 Å². The molecule has 5 heteroatoms.